The van der Waals surface area contributed by atoms with Crippen LogP contribution in [-0.2, 0) is 48.2 Å². The summed E-state index contributed by atoms with van der Waals surface area (Å²) in [6, 6.07) is 5.08. The topological polar surface area (TPSA) is 114 Å². The van der Waals surface area contributed by atoms with E-state index in [1.807, 2.05) is 0 Å². The standard InChI is InChI=1S/C21H24BrClO9/c1-10(24)28-9-17-19(29-11(2)25)21(31-13(4)27)20(30-12(3)26)18(32-17)14-5-6-16(23)15(7-14)8-22/h5-7,17-21H,8-9H2,1-4H3/t17?,18-,19+,20-,21-/m0/s1. The van der Waals surface area contributed by atoms with E-state index in [0.29, 0.717) is 15.9 Å². The lowest BCUT2D eigenvalue weighted by Gasteiger charge is -2.44. The maximum absolute atomic E-state index is 11.9. The summed E-state index contributed by atoms with van der Waals surface area (Å²) in [6.07, 6.45) is -5.52. The largest absolute Gasteiger partial charge is 0.463 e. The first-order valence-electron chi connectivity index (χ1n) is 9.68. The van der Waals surface area contributed by atoms with Crippen molar-refractivity contribution in [2.45, 2.75) is 63.5 Å². The highest BCUT2D eigenvalue weighted by molar-refractivity contribution is 9.08. The van der Waals surface area contributed by atoms with E-state index in [9.17, 15) is 19.2 Å². The van der Waals surface area contributed by atoms with Crippen LogP contribution < -0.4 is 0 Å². The first kappa shape index (κ1) is 26.1. The maximum Gasteiger partial charge on any atom is 0.303 e. The molecule has 1 heterocycles. The van der Waals surface area contributed by atoms with Gasteiger partial charge in [-0.2, -0.15) is 0 Å². The smallest absolute Gasteiger partial charge is 0.303 e. The van der Waals surface area contributed by atoms with Gasteiger partial charge in [0.2, 0.25) is 0 Å². The van der Waals surface area contributed by atoms with Crippen LogP contribution in [0, 0.1) is 0 Å². The van der Waals surface area contributed by atoms with Crippen LogP contribution in [-0.4, -0.2) is 54.9 Å². The first-order chi connectivity index (χ1) is 15.0. The molecular weight excluding hydrogens is 512 g/mol. The van der Waals surface area contributed by atoms with Crippen molar-refractivity contribution in [1.82, 2.24) is 0 Å². The first-order valence-corrected chi connectivity index (χ1v) is 11.2. The van der Waals surface area contributed by atoms with E-state index in [0.717, 1.165) is 5.56 Å². The Morgan fingerprint density at radius 1 is 0.906 bits per heavy atom. The van der Waals surface area contributed by atoms with Crippen LogP contribution in [0.15, 0.2) is 18.2 Å². The second-order valence-electron chi connectivity index (χ2n) is 7.10. The normalized spacial score (nSPS) is 24.9. The highest BCUT2D eigenvalue weighted by Gasteiger charge is 2.52. The number of benzene rings is 1. The highest BCUT2D eigenvalue weighted by Crippen LogP contribution is 2.38. The van der Waals surface area contributed by atoms with E-state index >= 15 is 0 Å². The van der Waals surface area contributed by atoms with Crippen molar-refractivity contribution in [3.8, 4) is 0 Å². The van der Waals surface area contributed by atoms with Gasteiger partial charge in [-0.3, -0.25) is 19.2 Å². The minimum Gasteiger partial charge on any atom is -0.463 e. The Hall–Kier alpha value is -2.17. The van der Waals surface area contributed by atoms with Gasteiger partial charge in [0.25, 0.3) is 0 Å². The van der Waals surface area contributed by atoms with E-state index in [-0.39, 0.29) is 6.61 Å². The number of alkyl halides is 1. The molecule has 1 aromatic carbocycles. The van der Waals surface area contributed by atoms with Gasteiger partial charge in [0.15, 0.2) is 18.3 Å². The van der Waals surface area contributed by atoms with Crippen LogP contribution in [0.4, 0.5) is 0 Å². The highest BCUT2D eigenvalue weighted by atomic mass is 79.9. The van der Waals surface area contributed by atoms with Crippen molar-refractivity contribution < 1.29 is 42.9 Å². The average Bonchev–Trinajstić information content (AvgIpc) is 2.69. The van der Waals surface area contributed by atoms with Crippen molar-refractivity contribution in [3.63, 3.8) is 0 Å². The van der Waals surface area contributed by atoms with Gasteiger partial charge in [-0.1, -0.05) is 39.7 Å². The predicted octanol–water partition coefficient (Wildman–Crippen LogP) is 3.03. The SMILES string of the molecule is CC(=O)OCC1O[C@@H](c2ccc(Cl)c(CBr)c2)[C@H](OC(C)=O)[C@@H](OC(C)=O)[C@@H]1OC(C)=O. The van der Waals surface area contributed by atoms with Crippen molar-refractivity contribution in [1.29, 1.82) is 0 Å². The molecule has 1 saturated heterocycles. The Bertz CT molecular complexity index is 875. The molecule has 0 radical (unpaired) electrons. The molecule has 32 heavy (non-hydrogen) atoms. The van der Waals surface area contributed by atoms with Crippen LogP contribution in [0.1, 0.15) is 44.9 Å². The van der Waals surface area contributed by atoms with E-state index in [4.69, 9.17) is 35.3 Å². The van der Waals surface area contributed by atoms with Gasteiger partial charge in [0.05, 0.1) is 0 Å². The molecule has 0 aliphatic carbocycles. The van der Waals surface area contributed by atoms with Crippen LogP contribution in [0.3, 0.4) is 0 Å². The lowest BCUT2D eigenvalue weighted by atomic mass is 9.90. The summed E-state index contributed by atoms with van der Waals surface area (Å²) in [5.74, 6) is -2.61. The Balaban J connectivity index is 2.58. The van der Waals surface area contributed by atoms with E-state index in [1.165, 1.54) is 27.7 Å². The van der Waals surface area contributed by atoms with E-state index in [1.54, 1.807) is 18.2 Å². The van der Waals surface area contributed by atoms with Crippen LogP contribution >= 0.6 is 27.5 Å². The summed E-state index contributed by atoms with van der Waals surface area (Å²) in [5.41, 5.74) is 1.32. The van der Waals surface area contributed by atoms with Crippen molar-refractivity contribution in [3.05, 3.63) is 34.3 Å². The van der Waals surface area contributed by atoms with Crippen molar-refractivity contribution in [2.24, 2.45) is 0 Å². The monoisotopic (exact) mass is 534 g/mol. The number of hydrogen-bond acceptors (Lipinski definition) is 9. The zero-order valence-corrected chi connectivity index (χ0v) is 20.3. The number of esters is 4. The molecule has 0 spiro atoms. The number of carbonyl (C=O) groups is 4. The molecule has 1 aliphatic heterocycles. The summed E-state index contributed by atoms with van der Waals surface area (Å²) in [7, 11) is 0. The van der Waals surface area contributed by atoms with Gasteiger partial charge in [-0.25, -0.2) is 0 Å². The Labute approximate surface area is 198 Å². The van der Waals surface area contributed by atoms with E-state index in [2.05, 4.69) is 15.9 Å². The summed E-state index contributed by atoms with van der Waals surface area (Å²) in [6.45, 7) is 4.47. The predicted molar refractivity (Wildman–Crippen MR) is 115 cm³/mol. The molecule has 0 aromatic heterocycles. The third kappa shape index (κ3) is 6.91. The fraction of sp³-hybridized carbons (Fsp3) is 0.524. The third-order valence-corrected chi connectivity index (χ3v) is 5.51. The maximum atomic E-state index is 11.9. The van der Waals surface area contributed by atoms with E-state index < -0.39 is 54.4 Å². The average molecular weight is 536 g/mol. The van der Waals surface area contributed by atoms with Crippen molar-refractivity contribution >= 4 is 51.4 Å². The summed E-state index contributed by atoms with van der Waals surface area (Å²) in [5, 5.41) is 0.960. The van der Waals surface area contributed by atoms with Crippen LogP contribution in [0.25, 0.3) is 0 Å². The molecule has 0 N–H and O–H groups in total. The molecule has 1 aliphatic rings. The molecule has 1 fully saturated rings. The van der Waals surface area contributed by atoms with Gasteiger partial charge >= 0.3 is 23.9 Å². The molecule has 2 rings (SSSR count). The third-order valence-electron chi connectivity index (χ3n) is 4.53. The molecule has 5 atom stereocenters. The molecule has 1 unspecified atom stereocenters. The molecule has 1 aromatic rings. The Kier molecular flexibility index (Phi) is 9.47. The number of rotatable bonds is 7. The molecule has 176 valence electrons. The molecule has 0 saturated carbocycles. The second kappa shape index (κ2) is 11.6. The minimum atomic E-state index is -1.22. The fourth-order valence-electron chi connectivity index (χ4n) is 3.37. The molecule has 0 amide bonds. The lowest BCUT2D eigenvalue weighted by molar-refractivity contribution is -0.254. The second-order valence-corrected chi connectivity index (χ2v) is 8.07. The zero-order chi connectivity index (χ0) is 24.0. The fourth-order valence-corrected chi connectivity index (χ4v) is 4.18. The van der Waals surface area contributed by atoms with Crippen molar-refractivity contribution in [2.75, 3.05) is 6.61 Å². The molecular formula is C21H24BrClO9. The van der Waals surface area contributed by atoms with Crippen LogP contribution in [0.5, 0.6) is 0 Å². The summed E-state index contributed by atoms with van der Waals surface area (Å²) < 4.78 is 27.5. The van der Waals surface area contributed by atoms with Gasteiger partial charge < -0.3 is 23.7 Å². The number of carbonyl (C=O) groups excluding carboxylic acids is 4. The molecule has 11 heteroatoms. The van der Waals surface area contributed by atoms with Gasteiger partial charge in [0.1, 0.15) is 18.8 Å². The lowest BCUT2D eigenvalue weighted by Crippen LogP contribution is -2.59. The quantitative estimate of drug-likeness (QED) is 0.295. The van der Waals surface area contributed by atoms with Crippen LogP contribution in [0.2, 0.25) is 5.02 Å². The number of ether oxygens (including phenoxy) is 5. The van der Waals surface area contributed by atoms with Gasteiger partial charge in [-0.05, 0) is 17.2 Å². The number of hydrogen-bond donors (Lipinski definition) is 0. The Morgan fingerprint density at radius 3 is 2.00 bits per heavy atom. The van der Waals surface area contributed by atoms with Gasteiger partial charge in [0, 0.05) is 38.0 Å². The molecule has 9 nitrogen and oxygen atoms in total. The summed E-state index contributed by atoms with van der Waals surface area (Å²) >= 11 is 9.57. The number of halogens is 2. The summed E-state index contributed by atoms with van der Waals surface area (Å²) in [4.78, 5) is 47.0. The minimum absolute atomic E-state index is 0.284. The van der Waals surface area contributed by atoms with Gasteiger partial charge in [-0.15, -0.1) is 0 Å². The molecule has 0 bridgehead atoms. The Morgan fingerprint density at radius 2 is 1.47 bits per heavy atom. The zero-order valence-electron chi connectivity index (χ0n) is 18.0.